The van der Waals surface area contributed by atoms with Crippen molar-refractivity contribution >= 4 is 11.9 Å². The van der Waals surface area contributed by atoms with Crippen LogP contribution in [0.1, 0.15) is 51.9 Å². The summed E-state index contributed by atoms with van der Waals surface area (Å²) in [6, 6.07) is -0.0793. The number of rotatable bonds is 6. The number of unbranched alkanes of at least 4 members (excludes halogenated alkanes) is 2. The molecule has 2 N–H and O–H groups in total. The molecule has 2 aliphatic rings. The number of hydrogen-bond acceptors (Lipinski definition) is 4. The van der Waals surface area contributed by atoms with E-state index in [4.69, 9.17) is 4.74 Å². The highest BCUT2D eigenvalue weighted by molar-refractivity contribution is 5.79. The van der Waals surface area contributed by atoms with Gasteiger partial charge in [0.05, 0.1) is 13.0 Å². The highest BCUT2D eigenvalue weighted by Gasteiger charge is 2.51. The molecule has 1 unspecified atom stereocenters. The second-order valence-electron chi connectivity index (χ2n) is 6.13. The number of methoxy groups -OCH3 is 1. The SMILES string of the molecule is CCCCCC(=O)N[C@@H]1CC2(CCN2)C[C@@H]1C(=O)OC. The number of carbonyl (C=O) groups is 2. The molecule has 2 fully saturated rings. The van der Waals surface area contributed by atoms with Crippen LogP contribution in [0.5, 0.6) is 0 Å². The van der Waals surface area contributed by atoms with Crippen LogP contribution in [0.3, 0.4) is 0 Å². The molecule has 0 aromatic heterocycles. The van der Waals surface area contributed by atoms with E-state index < -0.39 is 0 Å². The Morgan fingerprint density at radius 2 is 2.10 bits per heavy atom. The fourth-order valence-electron chi connectivity index (χ4n) is 3.40. The second-order valence-corrected chi connectivity index (χ2v) is 6.13. The van der Waals surface area contributed by atoms with Crippen LogP contribution in [-0.4, -0.2) is 37.1 Å². The first-order valence-corrected chi connectivity index (χ1v) is 7.72. The van der Waals surface area contributed by atoms with E-state index >= 15 is 0 Å². The van der Waals surface area contributed by atoms with Gasteiger partial charge in [0.1, 0.15) is 0 Å². The highest BCUT2D eigenvalue weighted by Crippen LogP contribution is 2.41. The minimum absolute atomic E-state index is 0.0558. The molecular weight excluding hydrogens is 256 g/mol. The smallest absolute Gasteiger partial charge is 0.310 e. The molecule has 114 valence electrons. The Hall–Kier alpha value is -1.10. The van der Waals surface area contributed by atoms with E-state index in [1.165, 1.54) is 7.11 Å². The average Bonchev–Trinajstić information content (AvgIpc) is 2.78. The number of esters is 1. The van der Waals surface area contributed by atoms with Crippen LogP contribution in [0.25, 0.3) is 0 Å². The van der Waals surface area contributed by atoms with E-state index in [-0.39, 0.29) is 29.4 Å². The molecular formula is C15H26N2O3. The lowest BCUT2D eigenvalue weighted by molar-refractivity contribution is -0.146. The van der Waals surface area contributed by atoms with Gasteiger partial charge in [-0.1, -0.05) is 19.8 Å². The van der Waals surface area contributed by atoms with Crippen molar-refractivity contribution in [2.24, 2.45) is 5.92 Å². The summed E-state index contributed by atoms with van der Waals surface area (Å²) < 4.78 is 4.89. The molecule has 1 saturated heterocycles. The molecule has 1 aliphatic carbocycles. The van der Waals surface area contributed by atoms with E-state index in [0.717, 1.165) is 45.1 Å². The fraction of sp³-hybridized carbons (Fsp3) is 0.867. The van der Waals surface area contributed by atoms with Crippen molar-refractivity contribution in [3.8, 4) is 0 Å². The Balaban J connectivity index is 1.90. The zero-order chi connectivity index (χ0) is 14.6. The summed E-state index contributed by atoms with van der Waals surface area (Å²) in [4.78, 5) is 23.9. The molecule has 1 saturated carbocycles. The Labute approximate surface area is 120 Å². The lowest BCUT2D eigenvalue weighted by Gasteiger charge is -2.40. The Bertz CT molecular complexity index is 366. The molecule has 20 heavy (non-hydrogen) atoms. The molecule has 2 rings (SSSR count). The van der Waals surface area contributed by atoms with Gasteiger partial charge in [0.2, 0.25) is 5.91 Å². The van der Waals surface area contributed by atoms with E-state index in [2.05, 4.69) is 17.6 Å². The molecule has 0 radical (unpaired) electrons. The van der Waals surface area contributed by atoms with Crippen LogP contribution in [0, 0.1) is 5.92 Å². The van der Waals surface area contributed by atoms with Gasteiger partial charge in [-0.2, -0.15) is 0 Å². The number of carbonyl (C=O) groups excluding carboxylic acids is 2. The van der Waals surface area contributed by atoms with Gasteiger partial charge in [-0.05, 0) is 32.2 Å². The lowest BCUT2D eigenvalue weighted by Crippen LogP contribution is -2.55. The van der Waals surface area contributed by atoms with Crippen molar-refractivity contribution in [3.63, 3.8) is 0 Å². The van der Waals surface area contributed by atoms with Gasteiger partial charge in [-0.3, -0.25) is 9.59 Å². The first-order chi connectivity index (χ1) is 9.60. The van der Waals surface area contributed by atoms with Crippen molar-refractivity contribution in [2.45, 2.75) is 63.5 Å². The van der Waals surface area contributed by atoms with Crippen molar-refractivity contribution in [3.05, 3.63) is 0 Å². The van der Waals surface area contributed by atoms with E-state index in [0.29, 0.717) is 6.42 Å². The molecule has 3 atom stereocenters. The van der Waals surface area contributed by atoms with Gasteiger partial charge in [-0.25, -0.2) is 0 Å². The number of amides is 1. The van der Waals surface area contributed by atoms with Crippen LogP contribution in [-0.2, 0) is 14.3 Å². The van der Waals surface area contributed by atoms with Gasteiger partial charge in [0.25, 0.3) is 0 Å². The summed E-state index contributed by atoms with van der Waals surface area (Å²) in [6.45, 7) is 3.12. The number of nitrogens with one attached hydrogen (secondary N) is 2. The first kappa shape index (κ1) is 15.3. The molecule has 1 spiro atoms. The minimum Gasteiger partial charge on any atom is -0.469 e. The molecule has 5 nitrogen and oxygen atoms in total. The van der Waals surface area contributed by atoms with Crippen LogP contribution < -0.4 is 10.6 Å². The number of hydrogen-bond donors (Lipinski definition) is 2. The summed E-state index contributed by atoms with van der Waals surface area (Å²) in [5.41, 5.74) is 0.0558. The maximum atomic E-state index is 12.0. The fourth-order valence-corrected chi connectivity index (χ4v) is 3.40. The predicted octanol–water partition coefficient (Wildman–Crippen LogP) is 1.37. The number of ether oxygens (including phenoxy) is 1. The standard InChI is InChI=1S/C15H26N2O3/c1-3-4-5-6-13(18)17-12-10-15(7-8-16-15)9-11(12)14(19)20-2/h11-12,16H,3-10H2,1-2H3,(H,17,18)/t11-,12+,15?/m0/s1. The lowest BCUT2D eigenvalue weighted by atomic mass is 9.85. The summed E-state index contributed by atoms with van der Waals surface area (Å²) in [5, 5.41) is 6.47. The van der Waals surface area contributed by atoms with Crippen molar-refractivity contribution in [1.82, 2.24) is 10.6 Å². The zero-order valence-corrected chi connectivity index (χ0v) is 12.5. The molecule has 0 aromatic rings. The van der Waals surface area contributed by atoms with Gasteiger partial charge in [0.15, 0.2) is 0 Å². The predicted molar refractivity (Wildman–Crippen MR) is 76.2 cm³/mol. The quantitative estimate of drug-likeness (QED) is 0.570. The maximum absolute atomic E-state index is 12.0. The molecule has 5 heteroatoms. The Kier molecular flexibility index (Phi) is 5.02. The molecule has 1 aliphatic heterocycles. The van der Waals surface area contributed by atoms with Gasteiger partial charge in [-0.15, -0.1) is 0 Å². The molecule has 0 aromatic carbocycles. The normalized spacial score (nSPS) is 31.9. The van der Waals surface area contributed by atoms with Crippen molar-refractivity contribution in [2.75, 3.05) is 13.7 Å². The van der Waals surface area contributed by atoms with Gasteiger partial charge >= 0.3 is 5.97 Å². The van der Waals surface area contributed by atoms with Crippen molar-refractivity contribution < 1.29 is 14.3 Å². The minimum atomic E-state index is -0.206. The van der Waals surface area contributed by atoms with Gasteiger partial charge in [0, 0.05) is 18.0 Å². The molecule has 1 amide bonds. The van der Waals surface area contributed by atoms with Crippen LogP contribution in [0.4, 0.5) is 0 Å². The van der Waals surface area contributed by atoms with Crippen molar-refractivity contribution in [1.29, 1.82) is 0 Å². The third-order valence-corrected chi connectivity index (χ3v) is 4.67. The third kappa shape index (κ3) is 3.32. The zero-order valence-electron chi connectivity index (χ0n) is 12.5. The van der Waals surface area contributed by atoms with Crippen LogP contribution >= 0.6 is 0 Å². The summed E-state index contributed by atoms with van der Waals surface area (Å²) in [6.07, 6.45) is 6.35. The van der Waals surface area contributed by atoms with Gasteiger partial charge < -0.3 is 15.4 Å². The topological polar surface area (TPSA) is 67.4 Å². The average molecular weight is 282 g/mol. The van der Waals surface area contributed by atoms with Crippen LogP contribution in [0.2, 0.25) is 0 Å². The monoisotopic (exact) mass is 282 g/mol. The van der Waals surface area contributed by atoms with E-state index in [1.807, 2.05) is 0 Å². The summed E-state index contributed by atoms with van der Waals surface area (Å²) in [5.74, 6) is -0.342. The Morgan fingerprint density at radius 1 is 1.35 bits per heavy atom. The summed E-state index contributed by atoms with van der Waals surface area (Å²) in [7, 11) is 1.42. The largest absolute Gasteiger partial charge is 0.469 e. The van der Waals surface area contributed by atoms with Crippen LogP contribution in [0.15, 0.2) is 0 Å². The third-order valence-electron chi connectivity index (χ3n) is 4.67. The maximum Gasteiger partial charge on any atom is 0.310 e. The summed E-state index contributed by atoms with van der Waals surface area (Å²) >= 11 is 0. The Morgan fingerprint density at radius 3 is 2.65 bits per heavy atom. The molecule has 1 heterocycles. The first-order valence-electron chi connectivity index (χ1n) is 7.72. The molecule has 0 bridgehead atoms. The second kappa shape index (κ2) is 6.57. The highest BCUT2D eigenvalue weighted by atomic mass is 16.5. The van der Waals surface area contributed by atoms with E-state index in [1.54, 1.807) is 0 Å². The van der Waals surface area contributed by atoms with E-state index in [9.17, 15) is 9.59 Å².